The zero-order valence-electron chi connectivity index (χ0n) is 16.4. The second-order valence-electron chi connectivity index (χ2n) is 6.92. The first kappa shape index (κ1) is 20.3. The van der Waals surface area contributed by atoms with Crippen LogP contribution in [0.4, 0.5) is 21.5 Å². The monoisotopic (exact) mass is 399 g/mol. The third-order valence-corrected chi connectivity index (χ3v) is 4.57. The number of amides is 3. The zero-order valence-corrected chi connectivity index (χ0v) is 16.4. The Hall–Kier alpha value is -3.42. The topological polar surface area (TPSA) is 79.0 Å². The van der Waals surface area contributed by atoms with Crippen LogP contribution < -0.4 is 19.9 Å². The molecular formula is C21H22FN3O4. The second kappa shape index (κ2) is 8.30. The normalized spacial score (nSPS) is 13.6. The van der Waals surface area contributed by atoms with E-state index in [2.05, 4.69) is 5.32 Å². The number of anilines is 3. The predicted molar refractivity (Wildman–Crippen MR) is 108 cm³/mol. The van der Waals surface area contributed by atoms with Gasteiger partial charge in [0.2, 0.25) is 17.7 Å². The van der Waals surface area contributed by atoms with E-state index in [4.69, 9.17) is 4.74 Å². The van der Waals surface area contributed by atoms with Gasteiger partial charge in [-0.25, -0.2) is 4.39 Å². The van der Waals surface area contributed by atoms with Gasteiger partial charge in [-0.3, -0.25) is 14.4 Å². The molecule has 0 atom stereocenters. The molecule has 3 amide bonds. The van der Waals surface area contributed by atoms with Gasteiger partial charge in [0.05, 0.1) is 18.5 Å². The fourth-order valence-corrected chi connectivity index (χ4v) is 3.26. The molecule has 2 aromatic rings. The SMILES string of the molecule is COc1ccc(N(C(=O)CN2C(=O)CC(=O)Nc3cc(F)ccc32)C(C)C)cc1. The molecule has 1 N–H and O–H groups in total. The van der Waals surface area contributed by atoms with E-state index in [0.717, 1.165) is 6.07 Å². The maximum atomic E-state index is 13.6. The maximum Gasteiger partial charge on any atom is 0.247 e. The first-order chi connectivity index (χ1) is 13.8. The molecule has 0 radical (unpaired) electrons. The van der Waals surface area contributed by atoms with Crippen LogP contribution in [0.3, 0.4) is 0 Å². The average molecular weight is 399 g/mol. The van der Waals surface area contributed by atoms with Crippen molar-refractivity contribution in [2.24, 2.45) is 0 Å². The van der Waals surface area contributed by atoms with Crippen molar-refractivity contribution in [3.05, 3.63) is 48.3 Å². The van der Waals surface area contributed by atoms with E-state index in [-0.39, 0.29) is 29.9 Å². The van der Waals surface area contributed by atoms with Crippen LogP contribution in [-0.4, -0.2) is 37.4 Å². The minimum Gasteiger partial charge on any atom is -0.497 e. The molecule has 29 heavy (non-hydrogen) atoms. The Kier molecular flexibility index (Phi) is 5.81. The molecule has 1 aliphatic rings. The molecule has 1 heterocycles. The van der Waals surface area contributed by atoms with E-state index < -0.39 is 24.1 Å². The zero-order chi connectivity index (χ0) is 21.1. The smallest absolute Gasteiger partial charge is 0.247 e. The van der Waals surface area contributed by atoms with Crippen LogP contribution in [0.1, 0.15) is 20.3 Å². The molecule has 0 fully saturated rings. The minimum atomic E-state index is -0.549. The number of nitrogens with one attached hydrogen (secondary N) is 1. The summed E-state index contributed by atoms with van der Waals surface area (Å²) < 4.78 is 18.8. The van der Waals surface area contributed by atoms with Crippen LogP contribution in [0.5, 0.6) is 5.75 Å². The van der Waals surface area contributed by atoms with E-state index in [0.29, 0.717) is 11.4 Å². The highest BCUT2D eigenvalue weighted by Gasteiger charge is 2.30. The Morgan fingerprint density at radius 1 is 1.21 bits per heavy atom. The largest absolute Gasteiger partial charge is 0.497 e. The van der Waals surface area contributed by atoms with Crippen molar-refractivity contribution in [3.8, 4) is 5.75 Å². The lowest BCUT2D eigenvalue weighted by Crippen LogP contribution is -2.46. The molecule has 8 heteroatoms. The molecule has 0 saturated heterocycles. The summed E-state index contributed by atoms with van der Waals surface area (Å²) >= 11 is 0. The standard InChI is InChI=1S/C21H22FN3O4/c1-13(2)25(15-5-7-16(29-3)8-6-15)21(28)12-24-18-9-4-14(22)10-17(18)23-19(26)11-20(24)27/h4-10,13H,11-12H2,1-3H3,(H,23,26). The van der Waals surface area contributed by atoms with Crippen molar-refractivity contribution in [2.45, 2.75) is 26.3 Å². The fraction of sp³-hybridized carbons (Fsp3) is 0.286. The summed E-state index contributed by atoms with van der Waals surface area (Å²) in [6.45, 7) is 3.44. The second-order valence-corrected chi connectivity index (χ2v) is 6.92. The van der Waals surface area contributed by atoms with Crippen molar-refractivity contribution in [1.29, 1.82) is 0 Å². The first-order valence-electron chi connectivity index (χ1n) is 9.16. The molecule has 0 saturated carbocycles. The molecule has 0 unspecified atom stereocenters. The molecular weight excluding hydrogens is 377 g/mol. The number of rotatable bonds is 5. The number of halogens is 1. The highest BCUT2D eigenvalue weighted by molar-refractivity contribution is 6.16. The number of fused-ring (bicyclic) bond motifs is 1. The molecule has 0 spiro atoms. The number of hydrogen-bond donors (Lipinski definition) is 1. The van der Waals surface area contributed by atoms with Crippen LogP contribution >= 0.6 is 0 Å². The van der Waals surface area contributed by atoms with Gasteiger partial charge in [-0.2, -0.15) is 0 Å². The van der Waals surface area contributed by atoms with Crippen LogP contribution in [0, 0.1) is 5.82 Å². The minimum absolute atomic E-state index is 0.161. The summed E-state index contributed by atoms with van der Waals surface area (Å²) in [5, 5.41) is 2.51. The Bertz CT molecular complexity index is 943. The van der Waals surface area contributed by atoms with E-state index in [9.17, 15) is 18.8 Å². The molecule has 0 aromatic heterocycles. The van der Waals surface area contributed by atoms with Gasteiger partial charge in [0, 0.05) is 11.7 Å². The number of methoxy groups -OCH3 is 1. The van der Waals surface area contributed by atoms with E-state index in [1.165, 1.54) is 17.0 Å². The summed E-state index contributed by atoms with van der Waals surface area (Å²) in [6.07, 6.45) is -0.423. The average Bonchev–Trinajstić information content (AvgIpc) is 2.77. The number of carbonyl (C=O) groups excluding carboxylic acids is 3. The summed E-state index contributed by atoms with van der Waals surface area (Å²) in [4.78, 5) is 40.5. The number of benzene rings is 2. The molecule has 7 nitrogen and oxygen atoms in total. The number of hydrogen-bond acceptors (Lipinski definition) is 4. The van der Waals surface area contributed by atoms with Crippen molar-refractivity contribution < 1.29 is 23.5 Å². The van der Waals surface area contributed by atoms with Crippen molar-refractivity contribution in [2.75, 3.05) is 28.8 Å². The van der Waals surface area contributed by atoms with Gasteiger partial charge in [0.1, 0.15) is 24.5 Å². The van der Waals surface area contributed by atoms with E-state index in [1.807, 2.05) is 13.8 Å². The summed E-state index contributed by atoms with van der Waals surface area (Å²) in [5.74, 6) is -1.30. The highest BCUT2D eigenvalue weighted by atomic mass is 19.1. The van der Waals surface area contributed by atoms with Crippen LogP contribution in [0.15, 0.2) is 42.5 Å². The van der Waals surface area contributed by atoms with E-state index in [1.54, 1.807) is 36.3 Å². The summed E-state index contributed by atoms with van der Waals surface area (Å²) in [7, 11) is 1.56. The highest BCUT2D eigenvalue weighted by Crippen LogP contribution is 2.30. The Labute approximate surface area is 168 Å². The first-order valence-corrected chi connectivity index (χ1v) is 9.16. The lowest BCUT2D eigenvalue weighted by molar-refractivity contribution is -0.126. The Balaban J connectivity index is 1.92. The molecule has 2 aromatic carbocycles. The van der Waals surface area contributed by atoms with Crippen LogP contribution in [-0.2, 0) is 14.4 Å². The van der Waals surface area contributed by atoms with Gasteiger partial charge in [-0.1, -0.05) is 0 Å². The fourth-order valence-electron chi connectivity index (χ4n) is 3.26. The van der Waals surface area contributed by atoms with Crippen molar-refractivity contribution in [1.82, 2.24) is 0 Å². The van der Waals surface area contributed by atoms with Crippen molar-refractivity contribution in [3.63, 3.8) is 0 Å². The Morgan fingerprint density at radius 2 is 1.90 bits per heavy atom. The Morgan fingerprint density at radius 3 is 2.52 bits per heavy atom. The number of ether oxygens (including phenoxy) is 1. The third-order valence-electron chi connectivity index (χ3n) is 4.57. The van der Waals surface area contributed by atoms with Crippen molar-refractivity contribution >= 4 is 34.8 Å². The maximum absolute atomic E-state index is 13.6. The molecule has 152 valence electrons. The molecule has 1 aliphatic heterocycles. The van der Waals surface area contributed by atoms with Gasteiger partial charge in [-0.15, -0.1) is 0 Å². The summed E-state index contributed by atoms with van der Waals surface area (Å²) in [6, 6.07) is 10.5. The van der Waals surface area contributed by atoms with Gasteiger partial charge in [0.15, 0.2) is 0 Å². The molecule has 0 aliphatic carbocycles. The van der Waals surface area contributed by atoms with E-state index >= 15 is 0 Å². The lowest BCUT2D eigenvalue weighted by Gasteiger charge is -2.30. The van der Waals surface area contributed by atoms with Gasteiger partial charge in [0.25, 0.3) is 0 Å². The molecule has 3 rings (SSSR count). The van der Waals surface area contributed by atoms with Crippen LogP contribution in [0.2, 0.25) is 0 Å². The predicted octanol–water partition coefficient (Wildman–Crippen LogP) is 2.95. The lowest BCUT2D eigenvalue weighted by atomic mass is 10.2. The third kappa shape index (κ3) is 4.37. The summed E-state index contributed by atoms with van der Waals surface area (Å²) in [5.41, 5.74) is 1.10. The van der Waals surface area contributed by atoms with Gasteiger partial charge in [-0.05, 0) is 56.3 Å². The van der Waals surface area contributed by atoms with Gasteiger partial charge >= 0.3 is 0 Å². The number of nitrogens with zero attached hydrogens (tertiary/aromatic N) is 2. The van der Waals surface area contributed by atoms with Gasteiger partial charge < -0.3 is 19.9 Å². The quantitative estimate of drug-likeness (QED) is 0.784. The number of carbonyl (C=O) groups is 3. The molecule has 0 bridgehead atoms. The van der Waals surface area contributed by atoms with Crippen LogP contribution in [0.25, 0.3) is 0 Å².